The van der Waals surface area contributed by atoms with Crippen LogP contribution < -0.4 is 10.6 Å². The molecule has 1 aliphatic carbocycles. The molecule has 5 heteroatoms. The average molecular weight is 290 g/mol. The van der Waals surface area contributed by atoms with Crippen LogP contribution in [0.1, 0.15) is 31.7 Å². The first-order valence-corrected chi connectivity index (χ1v) is 7.39. The summed E-state index contributed by atoms with van der Waals surface area (Å²) in [6.45, 7) is 2.04. The van der Waals surface area contributed by atoms with Gasteiger partial charge in [-0.25, -0.2) is 4.79 Å². The topological polar surface area (TPSA) is 67.4 Å². The predicted octanol–water partition coefficient (Wildman–Crippen LogP) is 2.71. The van der Waals surface area contributed by atoms with Crippen LogP contribution in [0, 0.1) is 5.92 Å². The Labute approximate surface area is 125 Å². The number of benzene rings is 1. The van der Waals surface area contributed by atoms with Gasteiger partial charge in [0.2, 0.25) is 0 Å². The molecule has 1 saturated carbocycles. The molecule has 0 bridgehead atoms. The maximum Gasteiger partial charge on any atom is 0.319 e. The molecular formula is C16H22N2O3. The average Bonchev–Trinajstić information content (AvgIpc) is 2.95. The highest BCUT2D eigenvalue weighted by molar-refractivity contribution is 5.90. The van der Waals surface area contributed by atoms with Crippen LogP contribution in [0.15, 0.2) is 24.3 Å². The van der Waals surface area contributed by atoms with Crippen LogP contribution in [0.2, 0.25) is 0 Å². The van der Waals surface area contributed by atoms with Crippen LogP contribution in [0.25, 0.3) is 0 Å². The maximum absolute atomic E-state index is 12.1. The Kier molecular flexibility index (Phi) is 5.20. The number of ether oxygens (including phenoxy) is 1. The molecule has 2 rings (SSSR count). The molecule has 0 radical (unpaired) electrons. The van der Waals surface area contributed by atoms with E-state index < -0.39 is 0 Å². The number of methoxy groups -OCH3 is 1. The summed E-state index contributed by atoms with van der Waals surface area (Å²) in [4.78, 5) is 23.8. The molecule has 2 amide bonds. The molecule has 21 heavy (non-hydrogen) atoms. The first-order chi connectivity index (χ1) is 10.2. The van der Waals surface area contributed by atoms with Crippen molar-refractivity contribution in [2.75, 3.05) is 12.4 Å². The fraction of sp³-hybridized carbons (Fsp3) is 0.500. The van der Waals surface area contributed by atoms with E-state index in [-0.39, 0.29) is 24.0 Å². The lowest BCUT2D eigenvalue weighted by Crippen LogP contribution is -2.42. The van der Waals surface area contributed by atoms with Crippen molar-refractivity contribution in [1.82, 2.24) is 5.32 Å². The monoisotopic (exact) mass is 290 g/mol. The second kappa shape index (κ2) is 7.11. The van der Waals surface area contributed by atoms with Crippen molar-refractivity contribution in [3.63, 3.8) is 0 Å². The predicted molar refractivity (Wildman–Crippen MR) is 81.1 cm³/mol. The minimum Gasteiger partial charge on any atom is -0.469 e. The van der Waals surface area contributed by atoms with Crippen LogP contribution in [0.4, 0.5) is 10.5 Å². The van der Waals surface area contributed by atoms with Crippen LogP contribution in [-0.4, -0.2) is 25.2 Å². The number of anilines is 1. The first kappa shape index (κ1) is 15.4. The van der Waals surface area contributed by atoms with Gasteiger partial charge in [0.15, 0.2) is 0 Å². The third kappa shape index (κ3) is 3.74. The van der Waals surface area contributed by atoms with E-state index in [1.807, 2.05) is 31.2 Å². The smallest absolute Gasteiger partial charge is 0.319 e. The fourth-order valence-electron chi connectivity index (χ4n) is 2.84. The van der Waals surface area contributed by atoms with E-state index in [1.54, 1.807) is 0 Å². The summed E-state index contributed by atoms with van der Waals surface area (Å²) in [6, 6.07) is 7.30. The maximum atomic E-state index is 12.1. The second-order valence-electron chi connectivity index (χ2n) is 5.28. The van der Waals surface area contributed by atoms with Crippen molar-refractivity contribution >= 4 is 17.7 Å². The van der Waals surface area contributed by atoms with Gasteiger partial charge in [0.05, 0.1) is 13.0 Å². The summed E-state index contributed by atoms with van der Waals surface area (Å²) in [5.74, 6) is -0.478. The zero-order valence-corrected chi connectivity index (χ0v) is 12.5. The molecule has 1 aliphatic rings. The van der Waals surface area contributed by atoms with Crippen molar-refractivity contribution in [3.8, 4) is 0 Å². The molecule has 0 aliphatic heterocycles. The van der Waals surface area contributed by atoms with Gasteiger partial charge in [0.1, 0.15) is 0 Å². The van der Waals surface area contributed by atoms with Gasteiger partial charge < -0.3 is 15.4 Å². The Morgan fingerprint density at radius 2 is 2.05 bits per heavy atom. The highest BCUT2D eigenvalue weighted by Crippen LogP contribution is 2.27. The summed E-state index contributed by atoms with van der Waals surface area (Å²) in [7, 11) is 1.38. The molecule has 0 aromatic heterocycles. The molecule has 0 heterocycles. The summed E-state index contributed by atoms with van der Waals surface area (Å²) >= 11 is 0. The minimum atomic E-state index is -0.267. The zero-order valence-electron chi connectivity index (χ0n) is 12.5. The van der Waals surface area contributed by atoms with E-state index >= 15 is 0 Å². The third-order valence-corrected chi connectivity index (χ3v) is 3.98. The van der Waals surface area contributed by atoms with Gasteiger partial charge >= 0.3 is 12.0 Å². The van der Waals surface area contributed by atoms with Crippen molar-refractivity contribution in [2.45, 2.75) is 38.6 Å². The Hall–Kier alpha value is -2.04. The normalized spacial score (nSPS) is 20.9. The number of carbonyl (C=O) groups excluding carboxylic acids is 2. The number of para-hydroxylation sites is 1. The molecule has 1 aromatic carbocycles. The number of aryl methyl sites for hydroxylation is 1. The number of nitrogens with one attached hydrogen (secondary N) is 2. The second-order valence-corrected chi connectivity index (χ2v) is 5.28. The van der Waals surface area contributed by atoms with Crippen molar-refractivity contribution in [1.29, 1.82) is 0 Å². The van der Waals surface area contributed by atoms with Crippen molar-refractivity contribution in [3.05, 3.63) is 29.8 Å². The lowest BCUT2D eigenvalue weighted by atomic mass is 10.0. The van der Waals surface area contributed by atoms with Gasteiger partial charge in [-0.1, -0.05) is 31.5 Å². The Morgan fingerprint density at radius 1 is 1.29 bits per heavy atom. The quantitative estimate of drug-likeness (QED) is 0.838. The van der Waals surface area contributed by atoms with E-state index in [9.17, 15) is 9.59 Å². The van der Waals surface area contributed by atoms with E-state index in [2.05, 4.69) is 10.6 Å². The van der Waals surface area contributed by atoms with Crippen LogP contribution in [0.3, 0.4) is 0 Å². The Morgan fingerprint density at radius 3 is 2.76 bits per heavy atom. The fourth-order valence-corrected chi connectivity index (χ4v) is 2.84. The summed E-state index contributed by atoms with van der Waals surface area (Å²) < 4.78 is 4.79. The Bertz CT molecular complexity index is 516. The van der Waals surface area contributed by atoms with Gasteiger partial charge in [0.25, 0.3) is 0 Å². The highest BCUT2D eigenvalue weighted by Gasteiger charge is 2.34. The van der Waals surface area contributed by atoms with E-state index in [0.717, 1.165) is 36.9 Å². The zero-order chi connectivity index (χ0) is 15.2. The van der Waals surface area contributed by atoms with Crippen molar-refractivity contribution in [2.24, 2.45) is 5.92 Å². The first-order valence-electron chi connectivity index (χ1n) is 7.39. The molecule has 5 nitrogen and oxygen atoms in total. The number of hydrogen-bond acceptors (Lipinski definition) is 3. The summed E-state index contributed by atoms with van der Waals surface area (Å²) in [5, 5.41) is 5.76. The number of rotatable bonds is 4. The molecule has 2 atom stereocenters. The van der Waals surface area contributed by atoms with Crippen LogP contribution in [0.5, 0.6) is 0 Å². The van der Waals surface area contributed by atoms with Gasteiger partial charge in [0, 0.05) is 11.7 Å². The molecule has 1 aromatic rings. The molecule has 0 spiro atoms. The number of hydrogen-bond donors (Lipinski definition) is 2. The number of esters is 1. The largest absolute Gasteiger partial charge is 0.469 e. The SMILES string of the molecule is CCc1ccccc1NC(=O)NC1CCCC1C(=O)OC. The molecule has 1 fully saturated rings. The minimum absolute atomic E-state index is 0.147. The molecule has 0 saturated heterocycles. The van der Waals surface area contributed by atoms with E-state index in [4.69, 9.17) is 4.74 Å². The standard InChI is InChI=1S/C16H22N2O3/c1-3-11-7-4-5-9-13(11)17-16(20)18-14-10-6-8-12(14)15(19)21-2/h4-5,7,9,12,14H,3,6,8,10H2,1-2H3,(H2,17,18,20). The van der Waals surface area contributed by atoms with Gasteiger partial charge in [-0.15, -0.1) is 0 Å². The van der Waals surface area contributed by atoms with Crippen molar-refractivity contribution < 1.29 is 14.3 Å². The lowest BCUT2D eigenvalue weighted by Gasteiger charge is -2.19. The molecule has 2 N–H and O–H groups in total. The highest BCUT2D eigenvalue weighted by atomic mass is 16.5. The lowest BCUT2D eigenvalue weighted by molar-refractivity contribution is -0.145. The number of urea groups is 1. The molecule has 114 valence electrons. The molecule has 2 unspecified atom stereocenters. The van der Waals surface area contributed by atoms with E-state index in [0.29, 0.717) is 0 Å². The van der Waals surface area contributed by atoms with Gasteiger partial charge in [-0.05, 0) is 30.9 Å². The number of amides is 2. The molecular weight excluding hydrogens is 268 g/mol. The summed E-state index contributed by atoms with van der Waals surface area (Å²) in [6.07, 6.45) is 3.35. The van der Waals surface area contributed by atoms with Gasteiger partial charge in [-0.2, -0.15) is 0 Å². The third-order valence-electron chi connectivity index (χ3n) is 3.98. The Balaban J connectivity index is 1.97. The number of carbonyl (C=O) groups is 2. The van der Waals surface area contributed by atoms with Crippen LogP contribution in [-0.2, 0) is 16.0 Å². The summed E-state index contributed by atoms with van der Waals surface area (Å²) in [5.41, 5.74) is 1.90. The van der Waals surface area contributed by atoms with E-state index in [1.165, 1.54) is 7.11 Å². The van der Waals surface area contributed by atoms with Gasteiger partial charge in [-0.3, -0.25) is 4.79 Å². The van der Waals surface area contributed by atoms with Crippen LogP contribution >= 0.6 is 0 Å².